The van der Waals surface area contributed by atoms with Gasteiger partial charge in [-0.3, -0.25) is 19.2 Å². The Morgan fingerprint density at radius 1 is 0.471 bits per heavy atom. The van der Waals surface area contributed by atoms with Crippen molar-refractivity contribution in [2.45, 2.75) is 0 Å². The van der Waals surface area contributed by atoms with Gasteiger partial charge in [0.15, 0.2) is 0 Å². The molecule has 164 valence electrons. The van der Waals surface area contributed by atoms with Gasteiger partial charge < -0.3 is 0 Å². The molecule has 4 aromatic carbocycles. The molecule has 2 aliphatic heterocycles. The van der Waals surface area contributed by atoms with E-state index in [1.165, 1.54) is 60.7 Å². The summed E-state index contributed by atoms with van der Waals surface area (Å²) >= 11 is 0. The van der Waals surface area contributed by atoms with Crippen LogP contribution in [-0.2, 0) is 0 Å². The van der Waals surface area contributed by atoms with Crippen molar-refractivity contribution in [3.63, 3.8) is 0 Å². The third-order valence-corrected chi connectivity index (χ3v) is 6.03. The maximum atomic E-state index is 13.8. The van der Waals surface area contributed by atoms with Gasteiger partial charge >= 0.3 is 0 Å². The first-order valence-electron chi connectivity index (χ1n) is 10.3. The number of benzene rings is 4. The van der Waals surface area contributed by atoms with Crippen LogP contribution in [0.2, 0.25) is 0 Å². The molecule has 0 aromatic heterocycles. The van der Waals surface area contributed by atoms with Gasteiger partial charge in [-0.15, -0.1) is 0 Å². The Bertz CT molecular complexity index is 1440. The van der Waals surface area contributed by atoms with Gasteiger partial charge in [-0.05, 0) is 60.7 Å². The standard InChI is InChI=1S/C26H12F2N2O4/c27-13-3-1-5-15(11-13)29-23(31)17-7-9-19-22-20(10-8-18(21(17)22)24(29)32)26(34)30(25(19)33)16-6-2-4-14(28)12-16/h1-12H. The molecule has 0 bridgehead atoms. The van der Waals surface area contributed by atoms with E-state index >= 15 is 0 Å². The minimum atomic E-state index is -0.695. The van der Waals surface area contributed by atoms with Crippen LogP contribution in [0.1, 0.15) is 41.4 Å². The molecule has 0 aliphatic carbocycles. The Morgan fingerprint density at radius 3 is 1.09 bits per heavy atom. The van der Waals surface area contributed by atoms with Crippen LogP contribution >= 0.6 is 0 Å². The normalized spacial score (nSPS) is 14.9. The summed E-state index contributed by atoms with van der Waals surface area (Å²) < 4.78 is 27.6. The predicted molar refractivity (Wildman–Crippen MR) is 119 cm³/mol. The molecule has 0 saturated heterocycles. The molecule has 0 N–H and O–H groups in total. The van der Waals surface area contributed by atoms with E-state index in [9.17, 15) is 28.0 Å². The van der Waals surface area contributed by atoms with Gasteiger partial charge in [0.25, 0.3) is 23.6 Å². The monoisotopic (exact) mass is 454 g/mol. The summed E-state index contributed by atoms with van der Waals surface area (Å²) in [5.74, 6) is -4.00. The van der Waals surface area contributed by atoms with E-state index in [1.54, 1.807) is 0 Å². The average molecular weight is 454 g/mol. The third kappa shape index (κ3) is 2.59. The maximum absolute atomic E-state index is 13.8. The zero-order chi connectivity index (χ0) is 23.7. The van der Waals surface area contributed by atoms with Crippen molar-refractivity contribution in [2.75, 3.05) is 9.80 Å². The highest BCUT2D eigenvalue weighted by atomic mass is 19.1. The Morgan fingerprint density at radius 2 is 0.794 bits per heavy atom. The number of carbonyl (C=O) groups excluding carboxylic acids is 4. The second-order valence-corrected chi connectivity index (χ2v) is 7.92. The maximum Gasteiger partial charge on any atom is 0.265 e. The largest absolute Gasteiger partial charge is 0.268 e. The number of anilines is 2. The van der Waals surface area contributed by atoms with Crippen molar-refractivity contribution in [3.05, 3.63) is 107 Å². The van der Waals surface area contributed by atoms with Crippen LogP contribution in [0.4, 0.5) is 20.2 Å². The van der Waals surface area contributed by atoms with E-state index in [0.717, 1.165) is 21.9 Å². The molecule has 0 atom stereocenters. The van der Waals surface area contributed by atoms with Crippen molar-refractivity contribution >= 4 is 45.8 Å². The van der Waals surface area contributed by atoms with Crippen LogP contribution in [0.5, 0.6) is 0 Å². The van der Waals surface area contributed by atoms with Crippen molar-refractivity contribution in [1.29, 1.82) is 0 Å². The summed E-state index contributed by atoms with van der Waals surface area (Å²) in [6.07, 6.45) is 0. The molecule has 6 nitrogen and oxygen atoms in total. The molecule has 0 unspecified atom stereocenters. The lowest BCUT2D eigenvalue weighted by Crippen LogP contribution is -2.43. The van der Waals surface area contributed by atoms with E-state index < -0.39 is 35.3 Å². The molecule has 0 fully saturated rings. The number of nitrogens with zero attached hydrogens (tertiary/aromatic N) is 2. The van der Waals surface area contributed by atoms with Crippen LogP contribution in [0, 0.1) is 11.6 Å². The minimum Gasteiger partial charge on any atom is -0.268 e. The highest BCUT2D eigenvalue weighted by Crippen LogP contribution is 2.40. The summed E-state index contributed by atoms with van der Waals surface area (Å²) in [7, 11) is 0. The fourth-order valence-electron chi connectivity index (χ4n) is 4.57. The lowest BCUT2D eigenvalue weighted by Gasteiger charge is -2.32. The Labute approximate surface area is 190 Å². The molecule has 0 radical (unpaired) electrons. The Balaban J connectivity index is 1.57. The van der Waals surface area contributed by atoms with Crippen LogP contribution in [-0.4, -0.2) is 23.6 Å². The van der Waals surface area contributed by atoms with E-state index in [0.29, 0.717) is 0 Å². The number of rotatable bonds is 2. The van der Waals surface area contributed by atoms with Crippen LogP contribution < -0.4 is 9.80 Å². The zero-order valence-corrected chi connectivity index (χ0v) is 17.2. The molecule has 0 saturated carbocycles. The summed E-state index contributed by atoms with van der Waals surface area (Å²) in [5, 5.41) is 0.386. The van der Waals surface area contributed by atoms with Crippen LogP contribution in [0.15, 0.2) is 72.8 Å². The highest BCUT2D eigenvalue weighted by Gasteiger charge is 2.40. The number of imide groups is 2. The molecule has 8 heteroatoms. The van der Waals surface area contributed by atoms with E-state index in [2.05, 4.69) is 0 Å². The third-order valence-electron chi connectivity index (χ3n) is 6.03. The quantitative estimate of drug-likeness (QED) is 0.411. The molecular weight excluding hydrogens is 442 g/mol. The van der Waals surface area contributed by atoms with Gasteiger partial charge in [0.05, 0.1) is 11.4 Å². The van der Waals surface area contributed by atoms with Crippen LogP contribution in [0.25, 0.3) is 10.8 Å². The Hall–Kier alpha value is -4.72. The number of halogens is 2. The molecule has 0 spiro atoms. The van der Waals surface area contributed by atoms with Gasteiger partial charge in [0.1, 0.15) is 11.6 Å². The number of amides is 4. The highest BCUT2D eigenvalue weighted by molar-refractivity contribution is 6.42. The summed E-state index contributed by atoms with van der Waals surface area (Å²) in [6, 6.07) is 15.8. The first-order chi connectivity index (χ1) is 16.4. The molecule has 4 aromatic rings. The summed E-state index contributed by atoms with van der Waals surface area (Å²) in [4.78, 5) is 54.9. The molecular formula is C26H12F2N2O4. The predicted octanol–water partition coefficient (Wildman–Crippen LogP) is 4.72. The second-order valence-electron chi connectivity index (χ2n) is 7.92. The van der Waals surface area contributed by atoms with Gasteiger partial charge in [0, 0.05) is 33.0 Å². The molecule has 34 heavy (non-hydrogen) atoms. The topological polar surface area (TPSA) is 74.8 Å². The second kappa shape index (κ2) is 6.89. The number of hydrogen-bond donors (Lipinski definition) is 0. The van der Waals surface area contributed by atoms with Gasteiger partial charge in [-0.25, -0.2) is 18.6 Å². The lowest BCUT2D eigenvalue weighted by atomic mass is 9.85. The van der Waals surface area contributed by atoms with Crippen LogP contribution in [0.3, 0.4) is 0 Å². The average Bonchev–Trinajstić information content (AvgIpc) is 2.81. The van der Waals surface area contributed by atoms with Crippen molar-refractivity contribution in [2.24, 2.45) is 0 Å². The number of carbonyl (C=O) groups is 4. The lowest BCUT2D eigenvalue weighted by molar-refractivity contribution is 0.0873. The minimum absolute atomic E-state index is 0.0680. The summed E-state index contributed by atoms with van der Waals surface area (Å²) in [6.45, 7) is 0. The molecule has 2 aliphatic rings. The van der Waals surface area contributed by atoms with E-state index in [4.69, 9.17) is 0 Å². The fourth-order valence-corrected chi connectivity index (χ4v) is 4.57. The van der Waals surface area contributed by atoms with Crippen molar-refractivity contribution < 1.29 is 28.0 Å². The van der Waals surface area contributed by atoms with Gasteiger partial charge in [-0.1, -0.05) is 12.1 Å². The zero-order valence-electron chi connectivity index (χ0n) is 17.2. The smallest absolute Gasteiger partial charge is 0.265 e. The fraction of sp³-hybridized carbons (Fsp3) is 0. The molecule has 2 heterocycles. The first-order valence-corrected chi connectivity index (χ1v) is 10.3. The van der Waals surface area contributed by atoms with Gasteiger partial charge in [-0.2, -0.15) is 0 Å². The number of hydrogen-bond acceptors (Lipinski definition) is 4. The Kier molecular flexibility index (Phi) is 4.04. The van der Waals surface area contributed by atoms with Crippen molar-refractivity contribution in [3.8, 4) is 0 Å². The van der Waals surface area contributed by atoms with Crippen molar-refractivity contribution in [1.82, 2.24) is 0 Å². The van der Waals surface area contributed by atoms with Gasteiger partial charge in [0.2, 0.25) is 0 Å². The SMILES string of the molecule is O=C1c2ccc3c4c(ccc(c24)C(=O)N1c1cccc(F)c1)C(=O)N(c1cccc(F)c1)C3=O. The first kappa shape index (κ1) is 19.9. The van der Waals surface area contributed by atoms with E-state index in [1.807, 2.05) is 0 Å². The summed E-state index contributed by atoms with van der Waals surface area (Å²) in [5.41, 5.74) is 0.578. The van der Waals surface area contributed by atoms with E-state index in [-0.39, 0.29) is 44.4 Å². The molecule has 6 rings (SSSR count). The molecule has 4 amide bonds.